The van der Waals surface area contributed by atoms with E-state index in [0.29, 0.717) is 0 Å². The summed E-state index contributed by atoms with van der Waals surface area (Å²) < 4.78 is 0. The molecule has 2 N–H and O–H groups in total. The van der Waals surface area contributed by atoms with Crippen molar-refractivity contribution in [2.75, 3.05) is 33.7 Å². The highest BCUT2D eigenvalue weighted by Gasteiger charge is 2.24. The van der Waals surface area contributed by atoms with Crippen LogP contribution in [0.25, 0.3) is 0 Å². The Labute approximate surface area is 115 Å². The van der Waals surface area contributed by atoms with Crippen molar-refractivity contribution in [2.45, 2.75) is 31.8 Å². The summed E-state index contributed by atoms with van der Waals surface area (Å²) in [6, 6.07) is 0.443. The first kappa shape index (κ1) is 14.4. The van der Waals surface area contributed by atoms with E-state index in [9.17, 15) is 0 Å². The second-order valence-electron chi connectivity index (χ2n) is 5.74. The summed E-state index contributed by atoms with van der Waals surface area (Å²) in [6.07, 6.45) is 5.88. The van der Waals surface area contributed by atoms with Gasteiger partial charge in [0.1, 0.15) is 5.82 Å². The number of hydrogen-bond acceptors (Lipinski definition) is 5. The van der Waals surface area contributed by atoms with E-state index in [2.05, 4.69) is 33.9 Å². The minimum absolute atomic E-state index is 0.154. The maximum absolute atomic E-state index is 5.80. The Morgan fingerprint density at radius 2 is 2.00 bits per heavy atom. The van der Waals surface area contributed by atoms with E-state index in [4.69, 9.17) is 5.73 Å². The van der Waals surface area contributed by atoms with E-state index in [-0.39, 0.29) is 12.1 Å². The lowest BCUT2D eigenvalue weighted by molar-refractivity contribution is 0.219. The molecule has 2 atom stereocenters. The zero-order valence-corrected chi connectivity index (χ0v) is 12.2. The second kappa shape index (κ2) is 6.41. The molecule has 0 aromatic carbocycles. The predicted molar refractivity (Wildman–Crippen MR) is 76.9 cm³/mol. The highest BCUT2D eigenvalue weighted by Crippen LogP contribution is 2.19. The van der Waals surface area contributed by atoms with E-state index < -0.39 is 0 Å². The van der Waals surface area contributed by atoms with E-state index >= 15 is 0 Å². The van der Waals surface area contributed by atoms with E-state index in [1.807, 2.05) is 19.3 Å². The Balaban J connectivity index is 2.11. The zero-order valence-electron chi connectivity index (χ0n) is 12.2. The van der Waals surface area contributed by atoms with Crippen LogP contribution in [0.1, 0.15) is 30.8 Å². The second-order valence-corrected chi connectivity index (χ2v) is 5.74. The van der Waals surface area contributed by atoms with Gasteiger partial charge in [0.05, 0.1) is 6.04 Å². The molecule has 0 bridgehead atoms. The predicted octanol–water partition coefficient (Wildman–Crippen LogP) is 0.675. The fourth-order valence-electron chi connectivity index (χ4n) is 2.56. The lowest BCUT2D eigenvalue weighted by Gasteiger charge is -2.26. The van der Waals surface area contributed by atoms with Crippen molar-refractivity contribution < 1.29 is 0 Å². The van der Waals surface area contributed by atoms with Crippen molar-refractivity contribution in [3.63, 3.8) is 0 Å². The molecule has 0 aliphatic carbocycles. The fourth-order valence-corrected chi connectivity index (χ4v) is 2.56. The fraction of sp³-hybridized carbons (Fsp3) is 0.714. The van der Waals surface area contributed by atoms with Gasteiger partial charge in [0.25, 0.3) is 0 Å². The average molecular weight is 263 g/mol. The molecule has 0 spiro atoms. The van der Waals surface area contributed by atoms with E-state index in [1.165, 1.54) is 6.42 Å². The van der Waals surface area contributed by atoms with Crippen molar-refractivity contribution >= 4 is 0 Å². The Morgan fingerprint density at radius 3 is 2.63 bits per heavy atom. The van der Waals surface area contributed by atoms with Gasteiger partial charge in [-0.2, -0.15) is 0 Å². The minimum atomic E-state index is 0.154. The summed E-state index contributed by atoms with van der Waals surface area (Å²) in [4.78, 5) is 13.8. The number of rotatable bonds is 3. The number of aromatic nitrogens is 2. The minimum Gasteiger partial charge on any atom is -0.328 e. The van der Waals surface area contributed by atoms with Crippen LogP contribution in [0.2, 0.25) is 0 Å². The molecule has 5 heteroatoms. The molecule has 0 saturated carbocycles. The molecular weight excluding hydrogens is 238 g/mol. The molecule has 0 amide bonds. The first-order valence-corrected chi connectivity index (χ1v) is 7.01. The molecule has 2 rings (SSSR count). The molecule has 2 unspecified atom stereocenters. The summed E-state index contributed by atoms with van der Waals surface area (Å²) in [5.74, 6) is 0.921. The summed E-state index contributed by atoms with van der Waals surface area (Å²) >= 11 is 0. The van der Waals surface area contributed by atoms with Crippen LogP contribution in [0.15, 0.2) is 12.4 Å². The van der Waals surface area contributed by atoms with Gasteiger partial charge in [0.15, 0.2) is 0 Å². The number of nitrogens with two attached hydrogens (primary N) is 1. The smallest absolute Gasteiger partial charge is 0.146 e. The van der Waals surface area contributed by atoms with Crippen molar-refractivity contribution in [1.29, 1.82) is 0 Å². The maximum atomic E-state index is 5.80. The van der Waals surface area contributed by atoms with Gasteiger partial charge in [0, 0.05) is 25.0 Å². The molecule has 1 fully saturated rings. The third kappa shape index (κ3) is 3.96. The van der Waals surface area contributed by atoms with Crippen molar-refractivity contribution in [2.24, 2.45) is 5.73 Å². The molecule has 1 aromatic heterocycles. The van der Waals surface area contributed by atoms with Crippen LogP contribution in [0.3, 0.4) is 0 Å². The summed E-state index contributed by atoms with van der Waals surface area (Å²) in [5, 5.41) is 0. The van der Waals surface area contributed by atoms with Crippen molar-refractivity contribution in [3.8, 4) is 0 Å². The highest BCUT2D eigenvalue weighted by molar-refractivity contribution is 5.09. The maximum Gasteiger partial charge on any atom is 0.146 e. The molecule has 1 saturated heterocycles. The normalized spacial score (nSPS) is 24.1. The molecule has 19 heavy (non-hydrogen) atoms. The summed E-state index contributed by atoms with van der Waals surface area (Å²) in [6.45, 7) is 5.23. The topological polar surface area (TPSA) is 58.3 Å². The SMILES string of the molecule is CC(N)Cc1cnc(C2CN(C)CCCN2C)nc1. The van der Waals surface area contributed by atoms with Gasteiger partial charge in [-0.05, 0) is 52.5 Å². The van der Waals surface area contributed by atoms with Gasteiger partial charge >= 0.3 is 0 Å². The Kier molecular flexibility index (Phi) is 4.85. The van der Waals surface area contributed by atoms with Gasteiger partial charge in [0.2, 0.25) is 0 Å². The van der Waals surface area contributed by atoms with Crippen LogP contribution in [-0.2, 0) is 6.42 Å². The van der Waals surface area contributed by atoms with Gasteiger partial charge in [-0.3, -0.25) is 4.90 Å². The van der Waals surface area contributed by atoms with E-state index in [0.717, 1.165) is 37.4 Å². The first-order valence-electron chi connectivity index (χ1n) is 7.01. The van der Waals surface area contributed by atoms with Crippen LogP contribution >= 0.6 is 0 Å². The largest absolute Gasteiger partial charge is 0.328 e. The average Bonchev–Trinajstić information content (AvgIpc) is 2.52. The molecule has 1 aliphatic heterocycles. The zero-order chi connectivity index (χ0) is 13.8. The molecule has 0 radical (unpaired) electrons. The molecule has 2 heterocycles. The summed E-state index contributed by atoms with van der Waals surface area (Å²) in [5.41, 5.74) is 6.91. The van der Waals surface area contributed by atoms with Crippen LogP contribution in [-0.4, -0.2) is 59.5 Å². The molecular formula is C14H25N5. The quantitative estimate of drug-likeness (QED) is 0.869. The molecule has 1 aliphatic rings. The lowest BCUT2D eigenvalue weighted by Crippen LogP contribution is -2.32. The monoisotopic (exact) mass is 263 g/mol. The van der Waals surface area contributed by atoms with Crippen molar-refractivity contribution in [1.82, 2.24) is 19.8 Å². The van der Waals surface area contributed by atoms with E-state index in [1.54, 1.807) is 0 Å². The highest BCUT2D eigenvalue weighted by atomic mass is 15.2. The summed E-state index contributed by atoms with van der Waals surface area (Å²) in [7, 11) is 4.32. The third-order valence-corrected chi connectivity index (χ3v) is 3.65. The van der Waals surface area contributed by atoms with Gasteiger partial charge in [-0.25, -0.2) is 9.97 Å². The van der Waals surface area contributed by atoms with Gasteiger partial charge < -0.3 is 10.6 Å². The third-order valence-electron chi connectivity index (χ3n) is 3.65. The molecule has 106 valence electrons. The Hall–Kier alpha value is -1.04. The number of nitrogens with zero attached hydrogens (tertiary/aromatic N) is 4. The van der Waals surface area contributed by atoms with Crippen LogP contribution in [0.4, 0.5) is 0 Å². The van der Waals surface area contributed by atoms with Crippen LogP contribution in [0, 0.1) is 0 Å². The van der Waals surface area contributed by atoms with Crippen molar-refractivity contribution in [3.05, 3.63) is 23.8 Å². The van der Waals surface area contributed by atoms with Gasteiger partial charge in [-0.1, -0.05) is 0 Å². The van der Waals surface area contributed by atoms with Crippen LogP contribution < -0.4 is 5.73 Å². The Morgan fingerprint density at radius 1 is 1.32 bits per heavy atom. The molecule has 5 nitrogen and oxygen atoms in total. The molecule has 1 aromatic rings. The lowest BCUT2D eigenvalue weighted by atomic mass is 10.1. The Bertz CT molecular complexity index is 389. The van der Waals surface area contributed by atoms with Gasteiger partial charge in [-0.15, -0.1) is 0 Å². The van der Waals surface area contributed by atoms with Crippen LogP contribution in [0.5, 0.6) is 0 Å². The number of likely N-dealkylation sites (N-methyl/N-ethyl adjacent to an activating group) is 2. The number of hydrogen-bond donors (Lipinski definition) is 1. The standard InChI is InChI=1S/C14H25N5/c1-11(15)7-12-8-16-14(17-9-12)13-10-18(2)5-4-6-19(13)3/h8-9,11,13H,4-7,10,15H2,1-3H3. The first-order chi connectivity index (χ1) is 9.06.